The first-order chi connectivity index (χ1) is 7.69. The van der Waals surface area contributed by atoms with Gasteiger partial charge in [-0.25, -0.2) is 0 Å². The van der Waals surface area contributed by atoms with Crippen molar-refractivity contribution in [3.63, 3.8) is 0 Å². The molecule has 5 nitrogen and oxygen atoms in total. The maximum atomic E-state index is 11.6. The van der Waals surface area contributed by atoms with Crippen LogP contribution in [0.1, 0.15) is 13.8 Å². The Morgan fingerprint density at radius 2 is 2.12 bits per heavy atom. The molecular formula is C10H19N3O2S. The lowest BCUT2D eigenvalue weighted by Crippen LogP contribution is -2.46. The van der Waals surface area contributed by atoms with Gasteiger partial charge in [-0.3, -0.25) is 14.9 Å². The van der Waals surface area contributed by atoms with E-state index in [9.17, 15) is 9.59 Å². The molecule has 92 valence electrons. The summed E-state index contributed by atoms with van der Waals surface area (Å²) >= 11 is 1.69. The van der Waals surface area contributed by atoms with Gasteiger partial charge in [-0.15, -0.1) is 11.8 Å². The third-order valence-electron chi connectivity index (χ3n) is 2.56. The van der Waals surface area contributed by atoms with Crippen LogP contribution in [0.2, 0.25) is 0 Å². The SMILES string of the molecule is CCN(CC)C(=O)CNC(=O)C1CSCN1. The maximum absolute atomic E-state index is 11.6. The molecule has 0 spiro atoms. The number of nitrogens with one attached hydrogen (secondary N) is 2. The van der Waals surface area contributed by atoms with E-state index in [1.54, 1.807) is 16.7 Å². The van der Waals surface area contributed by atoms with Crippen LogP contribution in [0, 0.1) is 0 Å². The number of likely N-dealkylation sites (N-methyl/N-ethyl adjacent to an activating group) is 1. The van der Waals surface area contributed by atoms with E-state index in [0.717, 1.165) is 11.6 Å². The Hall–Kier alpha value is -0.750. The van der Waals surface area contributed by atoms with Crippen molar-refractivity contribution in [3.05, 3.63) is 0 Å². The zero-order chi connectivity index (χ0) is 12.0. The fourth-order valence-electron chi connectivity index (χ4n) is 1.54. The molecule has 0 aromatic rings. The predicted octanol–water partition coefficient (Wildman–Crippen LogP) is -0.366. The summed E-state index contributed by atoms with van der Waals surface area (Å²) in [6.45, 7) is 5.33. The Labute approximate surface area is 100 Å². The summed E-state index contributed by atoms with van der Waals surface area (Å²) in [5, 5.41) is 5.73. The highest BCUT2D eigenvalue weighted by atomic mass is 32.2. The lowest BCUT2D eigenvalue weighted by molar-refractivity contribution is -0.132. The molecule has 0 aromatic carbocycles. The summed E-state index contributed by atoms with van der Waals surface area (Å²) in [6.07, 6.45) is 0. The zero-order valence-corrected chi connectivity index (χ0v) is 10.6. The number of carbonyl (C=O) groups excluding carboxylic acids is 2. The number of carbonyl (C=O) groups is 2. The summed E-state index contributed by atoms with van der Waals surface area (Å²) in [7, 11) is 0. The van der Waals surface area contributed by atoms with Crippen molar-refractivity contribution >= 4 is 23.6 Å². The minimum atomic E-state index is -0.144. The van der Waals surface area contributed by atoms with Gasteiger partial charge in [-0.05, 0) is 13.8 Å². The smallest absolute Gasteiger partial charge is 0.241 e. The van der Waals surface area contributed by atoms with Crippen molar-refractivity contribution in [1.29, 1.82) is 0 Å². The largest absolute Gasteiger partial charge is 0.346 e. The number of thioether (sulfide) groups is 1. The molecule has 2 amide bonds. The molecule has 6 heteroatoms. The van der Waals surface area contributed by atoms with Crippen LogP contribution in [0.5, 0.6) is 0 Å². The van der Waals surface area contributed by atoms with E-state index in [1.807, 2.05) is 13.8 Å². The first-order valence-electron chi connectivity index (χ1n) is 5.55. The quantitative estimate of drug-likeness (QED) is 0.694. The van der Waals surface area contributed by atoms with Gasteiger partial charge in [0.05, 0.1) is 12.6 Å². The number of rotatable bonds is 5. The molecule has 1 fully saturated rings. The zero-order valence-electron chi connectivity index (χ0n) is 9.78. The Morgan fingerprint density at radius 1 is 1.44 bits per heavy atom. The molecule has 1 atom stereocenters. The second kappa shape index (κ2) is 6.75. The molecule has 0 aromatic heterocycles. The van der Waals surface area contributed by atoms with Gasteiger partial charge in [0.25, 0.3) is 0 Å². The van der Waals surface area contributed by atoms with Crippen LogP contribution in [0.15, 0.2) is 0 Å². The number of hydrogen-bond donors (Lipinski definition) is 2. The number of hydrogen-bond acceptors (Lipinski definition) is 4. The molecule has 0 saturated carbocycles. The van der Waals surface area contributed by atoms with E-state index in [0.29, 0.717) is 13.1 Å². The highest BCUT2D eigenvalue weighted by Gasteiger charge is 2.23. The Kier molecular flexibility index (Phi) is 5.62. The number of nitrogens with zero attached hydrogens (tertiary/aromatic N) is 1. The van der Waals surface area contributed by atoms with Gasteiger partial charge < -0.3 is 10.2 Å². The summed E-state index contributed by atoms with van der Waals surface area (Å²) in [6, 6.07) is -0.144. The summed E-state index contributed by atoms with van der Waals surface area (Å²) in [5.74, 6) is 1.49. The Bertz CT molecular complexity index is 236. The topological polar surface area (TPSA) is 61.4 Å². The van der Waals surface area contributed by atoms with Crippen molar-refractivity contribution < 1.29 is 9.59 Å². The second-order valence-corrected chi connectivity index (χ2v) is 4.59. The molecule has 1 unspecified atom stereocenters. The molecule has 1 rings (SSSR count). The lowest BCUT2D eigenvalue weighted by atomic mass is 10.3. The van der Waals surface area contributed by atoms with Crippen molar-refractivity contribution in [2.24, 2.45) is 0 Å². The third-order valence-corrected chi connectivity index (χ3v) is 3.50. The first kappa shape index (κ1) is 13.3. The van der Waals surface area contributed by atoms with Crippen molar-refractivity contribution in [1.82, 2.24) is 15.5 Å². The molecule has 0 aliphatic carbocycles. The minimum Gasteiger partial charge on any atom is -0.346 e. The molecule has 0 radical (unpaired) electrons. The van der Waals surface area contributed by atoms with Gasteiger partial charge in [0.15, 0.2) is 0 Å². The third kappa shape index (κ3) is 3.68. The fourth-order valence-corrected chi connectivity index (χ4v) is 2.48. The van der Waals surface area contributed by atoms with Crippen LogP contribution in [-0.2, 0) is 9.59 Å². The van der Waals surface area contributed by atoms with Crippen LogP contribution in [0.4, 0.5) is 0 Å². The van der Waals surface area contributed by atoms with E-state index in [4.69, 9.17) is 0 Å². The second-order valence-electron chi connectivity index (χ2n) is 3.56. The first-order valence-corrected chi connectivity index (χ1v) is 6.71. The van der Waals surface area contributed by atoms with Gasteiger partial charge in [-0.1, -0.05) is 0 Å². The van der Waals surface area contributed by atoms with E-state index in [-0.39, 0.29) is 24.4 Å². The van der Waals surface area contributed by atoms with Crippen molar-refractivity contribution in [2.75, 3.05) is 31.3 Å². The van der Waals surface area contributed by atoms with Crippen LogP contribution in [0.25, 0.3) is 0 Å². The van der Waals surface area contributed by atoms with E-state index < -0.39 is 0 Å². The molecule has 1 aliphatic heterocycles. The predicted molar refractivity (Wildman–Crippen MR) is 65.2 cm³/mol. The molecule has 0 bridgehead atoms. The average Bonchev–Trinajstić information content (AvgIpc) is 2.81. The maximum Gasteiger partial charge on any atom is 0.241 e. The van der Waals surface area contributed by atoms with Crippen molar-refractivity contribution in [3.8, 4) is 0 Å². The normalized spacial score (nSPS) is 19.5. The molecule has 1 aliphatic rings. The molecular weight excluding hydrogens is 226 g/mol. The summed E-state index contributed by atoms with van der Waals surface area (Å²) < 4.78 is 0. The van der Waals surface area contributed by atoms with Gasteiger partial charge >= 0.3 is 0 Å². The van der Waals surface area contributed by atoms with E-state index in [1.165, 1.54) is 0 Å². The fraction of sp³-hybridized carbons (Fsp3) is 0.800. The Morgan fingerprint density at radius 3 is 2.62 bits per heavy atom. The van der Waals surface area contributed by atoms with E-state index >= 15 is 0 Å². The summed E-state index contributed by atoms with van der Waals surface area (Å²) in [5.41, 5.74) is 0. The van der Waals surface area contributed by atoms with Crippen LogP contribution in [-0.4, -0.2) is 54.0 Å². The van der Waals surface area contributed by atoms with Gasteiger partial charge in [0.2, 0.25) is 11.8 Å². The lowest BCUT2D eigenvalue weighted by Gasteiger charge is -2.19. The van der Waals surface area contributed by atoms with Gasteiger partial charge in [0.1, 0.15) is 0 Å². The molecule has 1 heterocycles. The van der Waals surface area contributed by atoms with Crippen LogP contribution in [0.3, 0.4) is 0 Å². The van der Waals surface area contributed by atoms with Crippen LogP contribution < -0.4 is 10.6 Å². The van der Waals surface area contributed by atoms with Crippen LogP contribution >= 0.6 is 11.8 Å². The average molecular weight is 245 g/mol. The van der Waals surface area contributed by atoms with Gasteiger partial charge in [0, 0.05) is 24.7 Å². The Balaban J connectivity index is 2.27. The highest BCUT2D eigenvalue weighted by molar-refractivity contribution is 7.99. The molecule has 1 saturated heterocycles. The number of amides is 2. The monoisotopic (exact) mass is 245 g/mol. The standard InChI is InChI=1S/C10H19N3O2S/c1-3-13(4-2)9(14)5-11-10(15)8-6-16-7-12-8/h8,12H,3-7H2,1-2H3,(H,11,15). The van der Waals surface area contributed by atoms with Gasteiger partial charge in [-0.2, -0.15) is 0 Å². The summed E-state index contributed by atoms with van der Waals surface area (Å²) in [4.78, 5) is 24.9. The molecule has 16 heavy (non-hydrogen) atoms. The highest BCUT2D eigenvalue weighted by Crippen LogP contribution is 2.08. The minimum absolute atomic E-state index is 0.0241. The van der Waals surface area contributed by atoms with E-state index in [2.05, 4.69) is 10.6 Å². The van der Waals surface area contributed by atoms with Crippen molar-refractivity contribution in [2.45, 2.75) is 19.9 Å². The molecule has 2 N–H and O–H groups in total.